The molecule has 2 rings (SSSR count). The number of rotatable bonds is 5. The molecule has 2 aromatic rings. The fraction of sp³-hybridized carbons (Fsp3) is 0.211. The van der Waals surface area contributed by atoms with Crippen LogP contribution in [0.1, 0.15) is 17.5 Å². The maximum absolute atomic E-state index is 12.1. The van der Waals surface area contributed by atoms with E-state index in [4.69, 9.17) is 10.5 Å². The minimum atomic E-state index is -4.78. The quantitative estimate of drug-likeness (QED) is 0.471. The van der Waals surface area contributed by atoms with E-state index in [-0.39, 0.29) is 18.8 Å². The van der Waals surface area contributed by atoms with Gasteiger partial charge in [-0.15, -0.1) is 13.2 Å². The van der Waals surface area contributed by atoms with E-state index in [2.05, 4.69) is 21.9 Å². The number of carbonyl (C=O) groups is 1. The summed E-state index contributed by atoms with van der Waals surface area (Å²) in [5, 5.41) is 2.55. The highest BCUT2D eigenvalue weighted by molar-refractivity contribution is 5.67. The van der Waals surface area contributed by atoms with Crippen molar-refractivity contribution in [2.75, 3.05) is 12.3 Å². The highest BCUT2D eigenvalue weighted by Gasteiger charge is 2.31. The molecular formula is C19H17F3N2O3. The van der Waals surface area contributed by atoms with Crippen molar-refractivity contribution in [3.8, 4) is 17.6 Å². The van der Waals surface area contributed by atoms with Crippen LogP contribution in [0.2, 0.25) is 0 Å². The van der Waals surface area contributed by atoms with Crippen LogP contribution in [0.15, 0.2) is 48.5 Å². The van der Waals surface area contributed by atoms with E-state index in [9.17, 15) is 18.0 Å². The maximum atomic E-state index is 12.1. The van der Waals surface area contributed by atoms with E-state index in [1.807, 2.05) is 30.3 Å². The Hall–Kier alpha value is -3.34. The van der Waals surface area contributed by atoms with Crippen LogP contribution in [0.3, 0.4) is 0 Å². The van der Waals surface area contributed by atoms with E-state index < -0.39 is 18.2 Å². The molecule has 1 amide bonds. The molecule has 8 heteroatoms. The molecule has 0 radical (unpaired) electrons. The maximum Gasteiger partial charge on any atom is 0.573 e. The SMILES string of the molecule is Nc1cc(OC(F)(F)F)ccc1C#CCCNC(=O)OCc1ccccc1. The van der Waals surface area contributed by atoms with Crippen molar-refractivity contribution >= 4 is 11.8 Å². The average Bonchev–Trinajstić information content (AvgIpc) is 2.61. The first-order chi connectivity index (χ1) is 12.8. The minimum Gasteiger partial charge on any atom is -0.445 e. The minimum absolute atomic E-state index is 0.0690. The second kappa shape index (κ2) is 9.38. The molecule has 2 aromatic carbocycles. The Morgan fingerprint density at radius 3 is 2.56 bits per heavy atom. The Kier molecular flexibility index (Phi) is 6.94. The molecule has 27 heavy (non-hydrogen) atoms. The molecule has 5 nitrogen and oxygen atoms in total. The van der Waals surface area contributed by atoms with Crippen molar-refractivity contribution in [1.29, 1.82) is 0 Å². The lowest BCUT2D eigenvalue weighted by molar-refractivity contribution is -0.274. The third kappa shape index (κ3) is 7.61. The lowest BCUT2D eigenvalue weighted by atomic mass is 10.1. The second-order valence-electron chi connectivity index (χ2n) is 5.34. The molecule has 0 aliphatic carbocycles. The molecule has 0 unspecified atom stereocenters. The molecule has 0 atom stereocenters. The predicted octanol–water partition coefficient (Wildman–Crippen LogP) is 3.84. The Morgan fingerprint density at radius 1 is 1.15 bits per heavy atom. The van der Waals surface area contributed by atoms with Crippen LogP contribution in [0.5, 0.6) is 5.75 Å². The van der Waals surface area contributed by atoms with Gasteiger partial charge in [0.15, 0.2) is 0 Å². The van der Waals surface area contributed by atoms with Crippen LogP contribution in [0.4, 0.5) is 23.7 Å². The summed E-state index contributed by atoms with van der Waals surface area (Å²) < 4.78 is 45.2. The third-order valence-corrected chi connectivity index (χ3v) is 3.21. The highest BCUT2D eigenvalue weighted by atomic mass is 19.4. The first-order valence-corrected chi connectivity index (χ1v) is 7.92. The number of hydrogen-bond donors (Lipinski definition) is 2. The molecule has 142 valence electrons. The van der Waals surface area contributed by atoms with Crippen molar-refractivity contribution in [3.05, 3.63) is 59.7 Å². The number of nitrogen functional groups attached to an aromatic ring is 1. The Bertz CT molecular complexity index is 828. The topological polar surface area (TPSA) is 73.6 Å². The number of halogens is 3. The van der Waals surface area contributed by atoms with Gasteiger partial charge >= 0.3 is 12.5 Å². The molecule has 0 aliphatic heterocycles. The zero-order chi connectivity index (χ0) is 19.7. The number of alkyl halides is 3. The van der Waals surface area contributed by atoms with Crippen LogP contribution in [-0.2, 0) is 11.3 Å². The second-order valence-corrected chi connectivity index (χ2v) is 5.34. The smallest absolute Gasteiger partial charge is 0.445 e. The highest BCUT2D eigenvalue weighted by Crippen LogP contribution is 2.25. The molecule has 0 fully saturated rings. The van der Waals surface area contributed by atoms with Gasteiger partial charge in [0.2, 0.25) is 0 Å². The van der Waals surface area contributed by atoms with Crippen molar-refractivity contribution in [2.24, 2.45) is 0 Å². The van der Waals surface area contributed by atoms with Gasteiger partial charge in [-0.1, -0.05) is 42.2 Å². The average molecular weight is 378 g/mol. The number of amides is 1. The number of benzene rings is 2. The lowest BCUT2D eigenvalue weighted by Crippen LogP contribution is -2.24. The molecule has 0 saturated heterocycles. The van der Waals surface area contributed by atoms with Crippen LogP contribution in [0, 0.1) is 11.8 Å². The Labute approximate surface area is 154 Å². The summed E-state index contributed by atoms with van der Waals surface area (Å²) >= 11 is 0. The summed E-state index contributed by atoms with van der Waals surface area (Å²) in [5.41, 5.74) is 6.97. The molecular weight excluding hydrogens is 361 g/mol. The number of nitrogens with two attached hydrogens (primary N) is 1. The Balaban J connectivity index is 1.74. The zero-order valence-corrected chi connectivity index (χ0v) is 14.2. The van der Waals surface area contributed by atoms with Crippen molar-refractivity contribution < 1.29 is 27.4 Å². The van der Waals surface area contributed by atoms with Crippen LogP contribution >= 0.6 is 0 Å². The molecule has 0 spiro atoms. The van der Waals surface area contributed by atoms with Gasteiger partial charge in [0, 0.05) is 24.6 Å². The van der Waals surface area contributed by atoms with Gasteiger partial charge in [0.25, 0.3) is 0 Å². The summed E-state index contributed by atoms with van der Waals surface area (Å²) in [6.07, 6.45) is -5.02. The van der Waals surface area contributed by atoms with Gasteiger partial charge in [-0.25, -0.2) is 4.79 Å². The van der Waals surface area contributed by atoms with Gasteiger partial charge < -0.3 is 20.5 Å². The van der Waals surface area contributed by atoms with Crippen molar-refractivity contribution in [3.63, 3.8) is 0 Å². The number of nitrogens with one attached hydrogen (secondary N) is 1. The standard InChI is InChI=1S/C19H17F3N2O3/c20-19(21,22)27-16-10-9-15(17(23)12-16)8-4-5-11-24-18(25)26-13-14-6-2-1-3-7-14/h1-3,6-7,9-10,12H,5,11,13,23H2,(H,24,25). The third-order valence-electron chi connectivity index (χ3n) is 3.21. The molecule has 0 bridgehead atoms. The van der Waals surface area contributed by atoms with Gasteiger partial charge in [0.1, 0.15) is 12.4 Å². The summed E-state index contributed by atoms with van der Waals surface area (Å²) in [6, 6.07) is 12.8. The zero-order valence-electron chi connectivity index (χ0n) is 14.2. The van der Waals surface area contributed by atoms with E-state index in [1.165, 1.54) is 6.07 Å². The number of alkyl carbamates (subject to hydrolysis) is 1. The number of anilines is 1. The van der Waals surface area contributed by atoms with Crippen LogP contribution in [0.25, 0.3) is 0 Å². The number of ether oxygens (including phenoxy) is 2. The monoisotopic (exact) mass is 378 g/mol. The van der Waals surface area contributed by atoms with Crippen LogP contribution in [-0.4, -0.2) is 19.0 Å². The normalized spacial score (nSPS) is 10.5. The summed E-state index contributed by atoms with van der Waals surface area (Å²) in [7, 11) is 0. The van der Waals surface area contributed by atoms with E-state index >= 15 is 0 Å². The summed E-state index contributed by atoms with van der Waals surface area (Å²) in [4.78, 5) is 11.5. The molecule has 0 aromatic heterocycles. The van der Waals surface area contributed by atoms with Gasteiger partial charge in [-0.2, -0.15) is 0 Å². The van der Waals surface area contributed by atoms with Crippen molar-refractivity contribution in [1.82, 2.24) is 5.32 Å². The van der Waals surface area contributed by atoms with Crippen LogP contribution < -0.4 is 15.8 Å². The van der Waals surface area contributed by atoms with Gasteiger partial charge in [0.05, 0.1) is 5.69 Å². The first-order valence-electron chi connectivity index (χ1n) is 7.92. The molecule has 0 aliphatic rings. The first kappa shape index (κ1) is 20.0. The molecule has 0 saturated carbocycles. The van der Waals surface area contributed by atoms with Gasteiger partial charge in [-0.3, -0.25) is 0 Å². The summed E-state index contributed by atoms with van der Waals surface area (Å²) in [6.45, 7) is 0.428. The van der Waals surface area contributed by atoms with Gasteiger partial charge in [-0.05, 0) is 17.7 Å². The fourth-order valence-corrected chi connectivity index (χ4v) is 2.01. The lowest BCUT2D eigenvalue weighted by Gasteiger charge is -2.09. The van der Waals surface area contributed by atoms with E-state index in [0.717, 1.165) is 17.7 Å². The number of hydrogen-bond acceptors (Lipinski definition) is 4. The predicted molar refractivity (Wildman–Crippen MR) is 93.7 cm³/mol. The fourth-order valence-electron chi connectivity index (χ4n) is 2.01. The molecule has 0 heterocycles. The van der Waals surface area contributed by atoms with Crippen molar-refractivity contribution in [2.45, 2.75) is 19.4 Å². The Morgan fingerprint density at radius 2 is 1.89 bits per heavy atom. The summed E-state index contributed by atoms with van der Waals surface area (Å²) in [5.74, 6) is 5.10. The van der Waals surface area contributed by atoms with E-state index in [0.29, 0.717) is 12.0 Å². The number of carbonyl (C=O) groups excluding carboxylic acids is 1. The molecule has 3 N–H and O–H groups in total. The largest absolute Gasteiger partial charge is 0.573 e. The van der Waals surface area contributed by atoms with E-state index in [1.54, 1.807) is 0 Å².